The summed E-state index contributed by atoms with van der Waals surface area (Å²) in [6, 6.07) is 2.02. The molecular weight excluding hydrogens is 178 g/mol. The van der Waals surface area contributed by atoms with E-state index in [4.69, 9.17) is 4.74 Å². The first-order valence-electron chi connectivity index (χ1n) is 4.72. The molecule has 1 fully saturated rings. The van der Waals surface area contributed by atoms with E-state index in [-0.39, 0.29) is 0 Å². The molecule has 0 aromatic carbocycles. The van der Waals surface area contributed by atoms with Gasteiger partial charge in [0.05, 0.1) is 31.9 Å². The second kappa shape index (κ2) is 3.84. The molecule has 2 rings (SSSR count). The van der Waals surface area contributed by atoms with E-state index in [1.54, 1.807) is 13.3 Å². The van der Waals surface area contributed by atoms with Crippen molar-refractivity contribution in [3.05, 3.63) is 18.5 Å². The van der Waals surface area contributed by atoms with Crippen molar-refractivity contribution in [2.24, 2.45) is 0 Å². The van der Waals surface area contributed by atoms with Crippen LogP contribution >= 0.6 is 0 Å². The minimum atomic E-state index is 0.817. The number of hydrogen-bond acceptors (Lipinski definition) is 4. The minimum absolute atomic E-state index is 0.817. The van der Waals surface area contributed by atoms with E-state index in [0.717, 1.165) is 31.2 Å². The van der Waals surface area contributed by atoms with Crippen molar-refractivity contribution >= 4 is 5.69 Å². The molecule has 76 valence electrons. The van der Waals surface area contributed by atoms with Crippen LogP contribution in [0.5, 0.6) is 5.75 Å². The number of anilines is 1. The summed E-state index contributed by atoms with van der Waals surface area (Å²) in [7, 11) is 3.78. The summed E-state index contributed by atoms with van der Waals surface area (Å²) in [4.78, 5) is 8.70. The van der Waals surface area contributed by atoms with Crippen molar-refractivity contribution in [2.45, 2.75) is 0 Å². The van der Waals surface area contributed by atoms with Gasteiger partial charge < -0.3 is 9.64 Å². The summed E-state index contributed by atoms with van der Waals surface area (Å²) in [6.07, 6.45) is 3.60. The molecule has 1 saturated heterocycles. The van der Waals surface area contributed by atoms with Crippen molar-refractivity contribution < 1.29 is 4.74 Å². The van der Waals surface area contributed by atoms with Crippen LogP contribution in [0.3, 0.4) is 0 Å². The van der Waals surface area contributed by atoms with Gasteiger partial charge in [-0.2, -0.15) is 0 Å². The van der Waals surface area contributed by atoms with Gasteiger partial charge in [0.1, 0.15) is 5.75 Å². The van der Waals surface area contributed by atoms with E-state index in [1.807, 2.05) is 12.3 Å². The van der Waals surface area contributed by atoms with Crippen LogP contribution < -0.4 is 9.64 Å². The molecule has 0 bridgehead atoms. The van der Waals surface area contributed by atoms with Gasteiger partial charge in [-0.25, -0.2) is 0 Å². The zero-order chi connectivity index (χ0) is 9.97. The highest BCUT2D eigenvalue weighted by atomic mass is 16.5. The molecule has 0 amide bonds. The number of methoxy groups -OCH3 is 1. The first-order chi connectivity index (χ1) is 6.79. The number of rotatable bonds is 2. The van der Waals surface area contributed by atoms with Gasteiger partial charge in [-0.05, 0) is 7.05 Å². The first kappa shape index (κ1) is 9.27. The fourth-order valence-corrected chi connectivity index (χ4v) is 1.63. The number of likely N-dealkylation sites (N-methyl/N-ethyl adjacent to an activating group) is 1. The Labute approximate surface area is 84.1 Å². The van der Waals surface area contributed by atoms with Gasteiger partial charge >= 0.3 is 0 Å². The van der Waals surface area contributed by atoms with E-state index in [0.29, 0.717) is 0 Å². The van der Waals surface area contributed by atoms with Gasteiger partial charge in [0.25, 0.3) is 0 Å². The molecule has 0 aliphatic carbocycles. The third-order valence-corrected chi connectivity index (χ3v) is 2.46. The number of nitrogens with zero attached hydrogens (tertiary/aromatic N) is 3. The Morgan fingerprint density at radius 3 is 2.86 bits per heavy atom. The zero-order valence-electron chi connectivity index (χ0n) is 8.60. The average molecular weight is 193 g/mol. The summed E-state index contributed by atoms with van der Waals surface area (Å²) < 4.78 is 5.14. The van der Waals surface area contributed by atoms with Crippen LogP contribution in [0.1, 0.15) is 0 Å². The van der Waals surface area contributed by atoms with Crippen LogP contribution in [-0.2, 0) is 0 Å². The average Bonchev–Trinajstić information content (AvgIpc) is 2.65. The van der Waals surface area contributed by atoms with Crippen molar-refractivity contribution in [2.75, 3.05) is 38.8 Å². The van der Waals surface area contributed by atoms with Gasteiger partial charge in [-0.1, -0.05) is 0 Å². The van der Waals surface area contributed by atoms with E-state index < -0.39 is 0 Å². The maximum absolute atomic E-state index is 5.14. The highest BCUT2D eigenvalue weighted by Gasteiger charge is 2.16. The normalized spacial score (nSPS) is 17.4. The number of pyridine rings is 1. The molecule has 0 unspecified atom stereocenters. The van der Waals surface area contributed by atoms with Crippen LogP contribution in [0.2, 0.25) is 0 Å². The summed E-state index contributed by atoms with van der Waals surface area (Å²) in [6.45, 7) is 3.14. The molecule has 4 heteroatoms. The molecule has 4 nitrogen and oxygen atoms in total. The smallest absolute Gasteiger partial charge is 0.139 e. The van der Waals surface area contributed by atoms with E-state index in [9.17, 15) is 0 Å². The van der Waals surface area contributed by atoms with Gasteiger partial charge in [0.15, 0.2) is 0 Å². The largest absolute Gasteiger partial charge is 0.495 e. The Balaban J connectivity index is 2.15. The predicted molar refractivity (Wildman–Crippen MR) is 55.6 cm³/mol. The molecule has 1 aromatic heterocycles. The second-order valence-electron chi connectivity index (χ2n) is 3.57. The lowest BCUT2D eigenvalue weighted by molar-refractivity contribution is 0.411. The number of ether oxygens (including phenoxy) is 1. The molecule has 1 aliphatic rings. The molecule has 0 saturated carbocycles. The van der Waals surface area contributed by atoms with E-state index in [1.165, 1.54) is 0 Å². The third kappa shape index (κ3) is 1.80. The molecule has 2 heterocycles. The Morgan fingerprint density at radius 1 is 1.36 bits per heavy atom. The summed E-state index contributed by atoms with van der Waals surface area (Å²) >= 11 is 0. The van der Waals surface area contributed by atoms with Gasteiger partial charge in [-0.3, -0.25) is 9.88 Å². The molecule has 1 aromatic rings. The van der Waals surface area contributed by atoms with Crippen molar-refractivity contribution in [3.8, 4) is 5.75 Å². The van der Waals surface area contributed by atoms with Crippen LogP contribution in [0.4, 0.5) is 5.69 Å². The Bertz CT molecular complexity index is 316. The van der Waals surface area contributed by atoms with Gasteiger partial charge in [-0.15, -0.1) is 0 Å². The Hall–Kier alpha value is -1.29. The van der Waals surface area contributed by atoms with Crippen LogP contribution in [0.15, 0.2) is 18.5 Å². The Kier molecular flexibility index (Phi) is 2.54. The fraction of sp³-hybridized carbons (Fsp3) is 0.500. The molecule has 0 spiro atoms. The maximum atomic E-state index is 5.14. The second-order valence-corrected chi connectivity index (χ2v) is 3.57. The van der Waals surface area contributed by atoms with Gasteiger partial charge in [0.2, 0.25) is 0 Å². The summed E-state index contributed by atoms with van der Waals surface area (Å²) in [5.74, 6) is 0.817. The SMILES string of the molecule is COc1cncc(N2CCN(C)C2)c1. The summed E-state index contributed by atoms with van der Waals surface area (Å²) in [5, 5.41) is 0. The fourth-order valence-electron chi connectivity index (χ4n) is 1.63. The Morgan fingerprint density at radius 2 is 2.21 bits per heavy atom. The van der Waals surface area contributed by atoms with E-state index in [2.05, 4.69) is 21.8 Å². The first-order valence-corrected chi connectivity index (χ1v) is 4.72. The molecule has 0 N–H and O–H groups in total. The quantitative estimate of drug-likeness (QED) is 0.694. The molecule has 0 radical (unpaired) electrons. The third-order valence-electron chi connectivity index (χ3n) is 2.46. The topological polar surface area (TPSA) is 28.6 Å². The lowest BCUT2D eigenvalue weighted by atomic mass is 10.3. The van der Waals surface area contributed by atoms with Gasteiger partial charge in [0, 0.05) is 19.2 Å². The highest BCUT2D eigenvalue weighted by molar-refractivity contribution is 5.48. The van der Waals surface area contributed by atoms with Crippen LogP contribution in [0, 0.1) is 0 Å². The minimum Gasteiger partial charge on any atom is -0.495 e. The predicted octanol–water partition coefficient (Wildman–Crippen LogP) is 0.799. The highest BCUT2D eigenvalue weighted by Crippen LogP contribution is 2.20. The van der Waals surface area contributed by atoms with Crippen molar-refractivity contribution in [1.82, 2.24) is 9.88 Å². The van der Waals surface area contributed by atoms with E-state index >= 15 is 0 Å². The van der Waals surface area contributed by atoms with Crippen LogP contribution in [0.25, 0.3) is 0 Å². The van der Waals surface area contributed by atoms with Crippen molar-refractivity contribution in [1.29, 1.82) is 0 Å². The molecule has 0 atom stereocenters. The monoisotopic (exact) mass is 193 g/mol. The molecular formula is C10H15N3O. The zero-order valence-corrected chi connectivity index (χ0v) is 8.60. The molecule has 14 heavy (non-hydrogen) atoms. The maximum Gasteiger partial charge on any atom is 0.139 e. The van der Waals surface area contributed by atoms with Crippen LogP contribution in [-0.4, -0.2) is 43.8 Å². The standard InChI is InChI=1S/C10H15N3O/c1-12-3-4-13(8-12)9-5-10(14-2)7-11-6-9/h5-7H,3-4,8H2,1-2H3. The number of aromatic nitrogens is 1. The number of hydrogen-bond donors (Lipinski definition) is 0. The summed E-state index contributed by atoms with van der Waals surface area (Å²) in [5.41, 5.74) is 1.13. The lowest BCUT2D eigenvalue weighted by Crippen LogP contribution is -2.22. The lowest BCUT2D eigenvalue weighted by Gasteiger charge is -2.17. The van der Waals surface area contributed by atoms with Crippen molar-refractivity contribution in [3.63, 3.8) is 0 Å². The molecule has 1 aliphatic heterocycles.